The van der Waals surface area contributed by atoms with Crippen molar-refractivity contribution < 1.29 is 9.18 Å². The van der Waals surface area contributed by atoms with Gasteiger partial charge in [0.15, 0.2) is 0 Å². The quantitative estimate of drug-likeness (QED) is 0.915. The van der Waals surface area contributed by atoms with Crippen molar-refractivity contribution >= 4 is 11.7 Å². The van der Waals surface area contributed by atoms with Crippen molar-refractivity contribution in [1.82, 2.24) is 9.78 Å². The van der Waals surface area contributed by atoms with Crippen LogP contribution in [0.15, 0.2) is 30.3 Å². The summed E-state index contributed by atoms with van der Waals surface area (Å²) in [7, 11) is 0. The molecule has 20 heavy (non-hydrogen) atoms. The van der Waals surface area contributed by atoms with Crippen LogP contribution in [-0.2, 0) is 5.41 Å². The number of nitrogens with zero attached hydrogens (tertiary/aromatic N) is 2. The summed E-state index contributed by atoms with van der Waals surface area (Å²) in [5, 5.41) is 4.17. The molecule has 4 nitrogen and oxygen atoms in total. The van der Waals surface area contributed by atoms with E-state index in [4.69, 9.17) is 5.73 Å². The van der Waals surface area contributed by atoms with E-state index in [0.29, 0.717) is 11.5 Å². The van der Waals surface area contributed by atoms with Crippen molar-refractivity contribution in [3.63, 3.8) is 0 Å². The van der Waals surface area contributed by atoms with Crippen LogP contribution in [0.25, 0.3) is 0 Å². The molecule has 1 heterocycles. The van der Waals surface area contributed by atoms with Gasteiger partial charge in [0.2, 0.25) is 0 Å². The number of rotatable bonds is 2. The molecule has 1 aromatic heterocycles. The molecule has 5 heteroatoms. The SMILES string of the molecule is Cc1cc(N)n(C(=O)C2(c3ccc(F)cc3)CCC2)n1. The summed E-state index contributed by atoms with van der Waals surface area (Å²) in [6.07, 6.45) is 2.47. The monoisotopic (exact) mass is 273 g/mol. The first-order chi connectivity index (χ1) is 9.53. The minimum atomic E-state index is -0.611. The molecular weight excluding hydrogens is 257 g/mol. The van der Waals surface area contributed by atoms with Gasteiger partial charge >= 0.3 is 0 Å². The van der Waals surface area contributed by atoms with Crippen LogP contribution >= 0.6 is 0 Å². The molecule has 0 atom stereocenters. The first-order valence-electron chi connectivity index (χ1n) is 6.66. The minimum Gasteiger partial charge on any atom is -0.383 e. The van der Waals surface area contributed by atoms with E-state index in [-0.39, 0.29) is 11.7 Å². The predicted octanol–water partition coefficient (Wildman–Crippen LogP) is 2.67. The lowest BCUT2D eigenvalue weighted by Gasteiger charge is -2.40. The molecule has 104 valence electrons. The lowest BCUT2D eigenvalue weighted by atomic mass is 9.64. The molecule has 1 aliphatic carbocycles. The first-order valence-corrected chi connectivity index (χ1v) is 6.66. The summed E-state index contributed by atoms with van der Waals surface area (Å²) in [6.45, 7) is 1.80. The first kappa shape index (κ1) is 12.8. The minimum absolute atomic E-state index is 0.124. The van der Waals surface area contributed by atoms with Crippen LogP contribution in [0.5, 0.6) is 0 Å². The number of halogens is 1. The zero-order valence-corrected chi connectivity index (χ0v) is 11.3. The Labute approximate surface area is 116 Å². The van der Waals surface area contributed by atoms with Crippen LogP contribution < -0.4 is 5.73 Å². The molecule has 0 spiro atoms. The number of hydrogen-bond donors (Lipinski definition) is 1. The summed E-state index contributed by atoms with van der Waals surface area (Å²) in [5.74, 6) is -0.0769. The third-order valence-electron chi connectivity index (χ3n) is 4.06. The summed E-state index contributed by atoms with van der Waals surface area (Å²) >= 11 is 0. The predicted molar refractivity (Wildman–Crippen MR) is 73.9 cm³/mol. The summed E-state index contributed by atoms with van der Waals surface area (Å²) in [4.78, 5) is 12.8. The summed E-state index contributed by atoms with van der Waals surface area (Å²) in [5.41, 5.74) is 6.78. The molecule has 2 aromatic rings. The standard InChI is InChI=1S/C15H16FN3O/c1-10-9-13(17)19(18-10)14(20)15(7-2-8-15)11-3-5-12(16)6-4-11/h3-6,9H,2,7-8,17H2,1H3. The van der Waals surface area contributed by atoms with Gasteiger partial charge in [-0.25, -0.2) is 4.39 Å². The van der Waals surface area contributed by atoms with Crippen LogP contribution in [-0.4, -0.2) is 15.7 Å². The largest absolute Gasteiger partial charge is 0.383 e. The fraction of sp³-hybridized carbons (Fsp3) is 0.333. The number of aryl methyl sites for hydroxylation is 1. The average Bonchev–Trinajstić information content (AvgIpc) is 2.69. The third-order valence-corrected chi connectivity index (χ3v) is 4.06. The van der Waals surface area contributed by atoms with Crippen molar-refractivity contribution in [2.75, 3.05) is 5.73 Å². The lowest BCUT2D eigenvalue weighted by Crippen LogP contribution is -2.46. The number of anilines is 1. The van der Waals surface area contributed by atoms with E-state index in [0.717, 1.165) is 24.8 Å². The third kappa shape index (κ3) is 1.81. The molecule has 1 aliphatic rings. The van der Waals surface area contributed by atoms with Gasteiger partial charge in [0.1, 0.15) is 11.6 Å². The maximum absolute atomic E-state index is 13.1. The zero-order chi connectivity index (χ0) is 14.3. The fourth-order valence-corrected chi connectivity index (χ4v) is 2.81. The van der Waals surface area contributed by atoms with Crippen molar-refractivity contribution in [2.45, 2.75) is 31.6 Å². The van der Waals surface area contributed by atoms with E-state index in [9.17, 15) is 9.18 Å². The highest BCUT2D eigenvalue weighted by Crippen LogP contribution is 2.45. The van der Waals surface area contributed by atoms with Gasteiger partial charge in [0, 0.05) is 6.07 Å². The normalized spacial score (nSPS) is 16.7. The van der Waals surface area contributed by atoms with Gasteiger partial charge in [-0.3, -0.25) is 4.79 Å². The second-order valence-electron chi connectivity index (χ2n) is 5.37. The Morgan fingerprint density at radius 2 is 2.00 bits per heavy atom. The van der Waals surface area contributed by atoms with E-state index in [1.54, 1.807) is 25.1 Å². The van der Waals surface area contributed by atoms with E-state index >= 15 is 0 Å². The maximum Gasteiger partial charge on any atom is 0.259 e. The van der Waals surface area contributed by atoms with Gasteiger partial charge in [-0.15, -0.1) is 0 Å². The van der Waals surface area contributed by atoms with Gasteiger partial charge in [-0.1, -0.05) is 18.6 Å². The number of aromatic nitrogens is 2. The van der Waals surface area contributed by atoms with Crippen molar-refractivity contribution in [3.8, 4) is 0 Å². The number of carbonyl (C=O) groups is 1. The Morgan fingerprint density at radius 3 is 2.45 bits per heavy atom. The van der Waals surface area contributed by atoms with Gasteiger partial charge in [0.25, 0.3) is 5.91 Å². The number of benzene rings is 1. The van der Waals surface area contributed by atoms with E-state index in [1.807, 2.05) is 0 Å². The van der Waals surface area contributed by atoms with E-state index in [2.05, 4.69) is 5.10 Å². The smallest absolute Gasteiger partial charge is 0.259 e. The topological polar surface area (TPSA) is 60.9 Å². The van der Waals surface area contributed by atoms with E-state index < -0.39 is 5.41 Å². The van der Waals surface area contributed by atoms with Crippen molar-refractivity contribution in [1.29, 1.82) is 0 Å². The Kier molecular flexibility index (Phi) is 2.85. The second kappa shape index (κ2) is 4.44. The van der Waals surface area contributed by atoms with Gasteiger partial charge < -0.3 is 5.73 Å². The Bertz CT molecular complexity index is 656. The van der Waals surface area contributed by atoms with Crippen LogP contribution in [0.2, 0.25) is 0 Å². The highest BCUT2D eigenvalue weighted by Gasteiger charge is 2.47. The van der Waals surface area contributed by atoms with Crippen molar-refractivity contribution in [3.05, 3.63) is 47.4 Å². The molecule has 1 saturated carbocycles. The Morgan fingerprint density at radius 1 is 1.35 bits per heavy atom. The molecule has 3 rings (SSSR count). The molecule has 0 unspecified atom stereocenters. The molecule has 0 bridgehead atoms. The fourth-order valence-electron chi connectivity index (χ4n) is 2.81. The highest BCUT2D eigenvalue weighted by atomic mass is 19.1. The average molecular weight is 273 g/mol. The molecular formula is C15H16FN3O. The number of hydrogen-bond acceptors (Lipinski definition) is 3. The van der Waals surface area contributed by atoms with Gasteiger partial charge in [-0.05, 0) is 37.5 Å². The molecule has 2 N–H and O–H groups in total. The number of nitrogens with two attached hydrogens (primary N) is 1. The molecule has 0 radical (unpaired) electrons. The number of carbonyl (C=O) groups excluding carboxylic acids is 1. The highest BCUT2D eigenvalue weighted by molar-refractivity contribution is 5.92. The van der Waals surface area contributed by atoms with Crippen LogP contribution in [0, 0.1) is 12.7 Å². The van der Waals surface area contributed by atoms with Gasteiger partial charge in [-0.2, -0.15) is 9.78 Å². The summed E-state index contributed by atoms with van der Waals surface area (Å²) < 4.78 is 14.3. The molecule has 1 aromatic carbocycles. The van der Waals surface area contributed by atoms with E-state index in [1.165, 1.54) is 16.8 Å². The molecule has 0 amide bonds. The second-order valence-corrected chi connectivity index (χ2v) is 5.37. The molecule has 1 fully saturated rings. The van der Waals surface area contributed by atoms with Crippen LogP contribution in [0.1, 0.15) is 35.3 Å². The number of nitrogen functional groups attached to an aromatic ring is 1. The van der Waals surface area contributed by atoms with Crippen molar-refractivity contribution in [2.24, 2.45) is 0 Å². The molecule has 0 aliphatic heterocycles. The van der Waals surface area contributed by atoms with Crippen LogP contribution in [0.4, 0.5) is 10.2 Å². The maximum atomic E-state index is 13.1. The molecule has 0 saturated heterocycles. The zero-order valence-electron chi connectivity index (χ0n) is 11.3. The Hall–Kier alpha value is -2.17. The summed E-state index contributed by atoms with van der Waals surface area (Å²) in [6, 6.07) is 7.81. The van der Waals surface area contributed by atoms with Crippen LogP contribution in [0.3, 0.4) is 0 Å². The Balaban J connectivity index is 2.03. The lowest BCUT2D eigenvalue weighted by molar-refractivity contribution is 0.0679. The van der Waals surface area contributed by atoms with Gasteiger partial charge in [0.05, 0.1) is 11.1 Å².